The Bertz CT molecular complexity index is 522. The molecule has 21 heavy (non-hydrogen) atoms. The number of benzene rings is 1. The van der Waals surface area contributed by atoms with E-state index in [4.69, 9.17) is 10.8 Å². The molecule has 2 atom stereocenters. The Balaban J connectivity index is 2.97. The van der Waals surface area contributed by atoms with Crippen LogP contribution >= 0.6 is 0 Å². The fraction of sp³-hybridized carbons (Fsp3) is 0.500. The fourth-order valence-electron chi connectivity index (χ4n) is 2.17. The van der Waals surface area contributed by atoms with Gasteiger partial charge in [0, 0.05) is 18.2 Å². The summed E-state index contributed by atoms with van der Waals surface area (Å²) in [4.78, 5) is 10.9. The van der Waals surface area contributed by atoms with Crippen molar-refractivity contribution in [3.63, 3.8) is 0 Å². The Morgan fingerprint density at radius 1 is 1.24 bits per heavy atom. The van der Waals surface area contributed by atoms with E-state index in [2.05, 4.69) is 0 Å². The Morgan fingerprint density at radius 3 is 2.33 bits per heavy atom. The summed E-state index contributed by atoms with van der Waals surface area (Å²) in [5.74, 6) is -8.39. The lowest BCUT2D eigenvalue weighted by atomic mass is 9.87. The second kappa shape index (κ2) is 7.40. The number of hydrogen-bond donors (Lipinski definition) is 2. The van der Waals surface area contributed by atoms with Crippen molar-refractivity contribution in [3.8, 4) is 0 Å². The summed E-state index contributed by atoms with van der Waals surface area (Å²) in [5, 5.41) is 8.94. The van der Waals surface area contributed by atoms with Gasteiger partial charge in [-0.2, -0.15) is 0 Å². The van der Waals surface area contributed by atoms with Gasteiger partial charge < -0.3 is 10.8 Å². The summed E-state index contributed by atoms with van der Waals surface area (Å²) < 4.78 is 53.2. The third-order valence-electron chi connectivity index (χ3n) is 3.53. The minimum absolute atomic E-state index is 0.103. The van der Waals surface area contributed by atoms with E-state index in [0.29, 0.717) is 6.42 Å². The second-order valence-electron chi connectivity index (χ2n) is 4.93. The number of carboxylic acid groups (broad SMARTS) is 1. The Kier molecular flexibility index (Phi) is 6.14. The zero-order valence-electron chi connectivity index (χ0n) is 11.5. The third kappa shape index (κ3) is 4.17. The van der Waals surface area contributed by atoms with Gasteiger partial charge >= 0.3 is 5.97 Å². The molecule has 0 heterocycles. The van der Waals surface area contributed by atoms with Crippen molar-refractivity contribution in [1.82, 2.24) is 0 Å². The van der Waals surface area contributed by atoms with E-state index in [1.54, 1.807) is 6.92 Å². The minimum atomic E-state index is -1.73. The summed E-state index contributed by atoms with van der Waals surface area (Å²) in [5.41, 5.74) is 4.77. The molecule has 1 aromatic rings. The monoisotopic (exact) mass is 307 g/mol. The largest absolute Gasteiger partial charge is 0.481 e. The lowest BCUT2D eigenvalue weighted by Gasteiger charge is -2.19. The van der Waals surface area contributed by atoms with Crippen LogP contribution in [-0.4, -0.2) is 17.6 Å². The molecule has 0 spiro atoms. The van der Waals surface area contributed by atoms with E-state index < -0.39 is 46.6 Å². The maximum Gasteiger partial charge on any atom is 0.307 e. The van der Waals surface area contributed by atoms with Gasteiger partial charge in [-0.25, -0.2) is 17.6 Å². The molecule has 0 aliphatic carbocycles. The normalized spacial score (nSPS) is 14.0. The SMILES string of the molecule is CCC(Cc1c(F)cc(F)c(F)c1F)CC(CN)C(=O)O. The van der Waals surface area contributed by atoms with Crippen LogP contribution in [0.3, 0.4) is 0 Å². The van der Waals surface area contributed by atoms with Gasteiger partial charge in [0.25, 0.3) is 0 Å². The molecule has 0 saturated heterocycles. The van der Waals surface area contributed by atoms with Crippen molar-refractivity contribution in [2.75, 3.05) is 6.54 Å². The Labute approximate surface area is 119 Å². The number of hydrogen-bond acceptors (Lipinski definition) is 2. The molecule has 0 amide bonds. The van der Waals surface area contributed by atoms with Crippen molar-refractivity contribution in [2.24, 2.45) is 17.6 Å². The quantitative estimate of drug-likeness (QED) is 0.462. The van der Waals surface area contributed by atoms with Gasteiger partial charge in [0.05, 0.1) is 5.92 Å². The van der Waals surface area contributed by atoms with Crippen LogP contribution in [0.15, 0.2) is 6.07 Å². The lowest BCUT2D eigenvalue weighted by Crippen LogP contribution is -2.26. The van der Waals surface area contributed by atoms with Crippen LogP contribution in [0.1, 0.15) is 25.3 Å². The van der Waals surface area contributed by atoms with Gasteiger partial charge in [-0.15, -0.1) is 0 Å². The number of rotatable bonds is 7. The third-order valence-corrected chi connectivity index (χ3v) is 3.53. The van der Waals surface area contributed by atoms with Crippen LogP contribution in [-0.2, 0) is 11.2 Å². The summed E-state index contributed by atoms with van der Waals surface area (Å²) in [7, 11) is 0. The van der Waals surface area contributed by atoms with Crippen molar-refractivity contribution in [3.05, 3.63) is 34.9 Å². The van der Waals surface area contributed by atoms with Crippen LogP contribution in [0.4, 0.5) is 17.6 Å². The highest BCUT2D eigenvalue weighted by molar-refractivity contribution is 5.70. The van der Waals surface area contributed by atoms with Crippen LogP contribution in [0.5, 0.6) is 0 Å². The first kappa shape index (κ1) is 17.4. The predicted octanol–water partition coefficient (Wildman–Crippen LogP) is 2.86. The average molecular weight is 307 g/mol. The van der Waals surface area contributed by atoms with E-state index in [9.17, 15) is 22.4 Å². The first-order valence-electron chi connectivity index (χ1n) is 6.56. The van der Waals surface area contributed by atoms with Crippen molar-refractivity contribution < 1.29 is 27.5 Å². The smallest absolute Gasteiger partial charge is 0.307 e. The number of aliphatic carboxylic acids is 1. The van der Waals surface area contributed by atoms with Crippen LogP contribution in [0.2, 0.25) is 0 Å². The van der Waals surface area contributed by atoms with Gasteiger partial charge in [-0.1, -0.05) is 13.3 Å². The van der Waals surface area contributed by atoms with Gasteiger partial charge in [0.1, 0.15) is 5.82 Å². The van der Waals surface area contributed by atoms with Crippen molar-refractivity contribution in [2.45, 2.75) is 26.2 Å². The molecular weight excluding hydrogens is 290 g/mol. The molecule has 0 radical (unpaired) electrons. The highest BCUT2D eigenvalue weighted by Crippen LogP contribution is 2.26. The van der Waals surface area contributed by atoms with Gasteiger partial charge in [0.2, 0.25) is 0 Å². The molecule has 0 aliphatic heterocycles. The van der Waals surface area contributed by atoms with Crippen LogP contribution in [0, 0.1) is 35.1 Å². The predicted molar refractivity (Wildman–Crippen MR) is 68.6 cm³/mol. The second-order valence-corrected chi connectivity index (χ2v) is 4.93. The zero-order chi connectivity index (χ0) is 16.2. The molecule has 1 aromatic carbocycles. The van der Waals surface area contributed by atoms with Crippen molar-refractivity contribution in [1.29, 1.82) is 0 Å². The number of carboxylic acids is 1. The van der Waals surface area contributed by atoms with E-state index in [0.717, 1.165) is 0 Å². The van der Waals surface area contributed by atoms with Crippen molar-refractivity contribution >= 4 is 5.97 Å². The summed E-state index contributed by atoms with van der Waals surface area (Å²) in [6.45, 7) is 1.62. The molecule has 0 fully saturated rings. The molecule has 1 rings (SSSR count). The molecule has 118 valence electrons. The van der Waals surface area contributed by atoms with E-state index in [1.807, 2.05) is 0 Å². The molecular formula is C14H17F4NO2. The van der Waals surface area contributed by atoms with Gasteiger partial charge in [-0.3, -0.25) is 4.79 Å². The van der Waals surface area contributed by atoms with Crippen LogP contribution in [0.25, 0.3) is 0 Å². The van der Waals surface area contributed by atoms with E-state index >= 15 is 0 Å². The summed E-state index contributed by atoms with van der Waals surface area (Å²) >= 11 is 0. The number of nitrogens with two attached hydrogens (primary N) is 1. The average Bonchev–Trinajstić information content (AvgIpc) is 2.44. The molecule has 0 saturated carbocycles. The van der Waals surface area contributed by atoms with E-state index in [-0.39, 0.29) is 25.5 Å². The summed E-state index contributed by atoms with van der Waals surface area (Å²) in [6, 6.07) is 0.290. The molecule has 0 aliphatic rings. The zero-order valence-corrected chi connectivity index (χ0v) is 11.5. The molecule has 0 bridgehead atoms. The highest BCUT2D eigenvalue weighted by atomic mass is 19.2. The summed E-state index contributed by atoms with van der Waals surface area (Å²) in [6.07, 6.45) is 0.330. The maximum absolute atomic E-state index is 13.6. The fourth-order valence-corrected chi connectivity index (χ4v) is 2.17. The first-order chi connectivity index (χ1) is 9.81. The van der Waals surface area contributed by atoms with Gasteiger partial charge in [0.15, 0.2) is 17.5 Å². The lowest BCUT2D eigenvalue weighted by molar-refractivity contribution is -0.142. The highest BCUT2D eigenvalue weighted by Gasteiger charge is 2.25. The Morgan fingerprint density at radius 2 is 1.86 bits per heavy atom. The number of carbonyl (C=O) groups is 1. The first-order valence-corrected chi connectivity index (χ1v) is 6.56. The molecule has 2 unspecified atom stereocenters. The maximum atomic E-state index is 13.6. The van der Waals surface area contributed by atoms with Crippen LogP contribution < -0.4 is 5.73 Å². The topological polar surface area (TPSA) is 63.3 Å². The van der Waals surface area contributed by atoms with Gasteiger partial charge in [-0.05, 0) is 18.8 Å². The molecule has 3 nitrogen and oxygen atoms in total. The standard InChI is InChI=1S/C14H17F4NO2/c1-2-7(3-8(6-19)14(20)21)4-9-10(15)5-11(16)13(18)12(9)17/h5,7-8H,2-4,6,19H2,1H3,(H,20,21). The molecule has 0 aromatic heterocycles. The minimum Gasteiger partial charge on any atom is -0.481 e. The Hall–Kier alpha value is -1.63. The van der Waals surface area contributed by atoms with E-state index in [1.165, 1.54) is 0 Å². The number of halogens is 4. The molecule has 3 N–H and O–H groups in total. The molecule has 7 heteroatoms.